The molecule has 3 nitrogen and oxygen atoms in total. The summed E-state index contributed by atoms with van der Waals surface area (Å²) in [5, 5.41) is 5.98. The van der Waals surface area contributed by atoms with Gasteiger partial charge in [-0.25, -0.2) is 0 Å². The van der Waals surface area contributed by atoms with E-state index >= 15 is 0 Å². The molecule has 0 aliphatic heterocycles. The molecule has 3 heteroatoms. The Morgan fingerprint density at radius 2 is 2.18 bits per heavy atom. The fourth-order valence-corrected chi connectivity index (χ4v) is 1.52. The van der Waals surface area contributed by atoms with Crippen LogP contribution < -0.4 is 10.6 Å². The van der Waals surface area contributed by atoms with E-state index in [-0.39, 0.29) is 11.9 Å². The second kappa shape index (κ2) is 6.09. The third-order valence-electron chi connectivity index (χ3n) is 2.58. The highest BCUT2D eigenvalue weighted by Crippen LogP contribution is 2.17. The Hall–Kier alpha value is -1.77. The predicted molar refractivity (Wildman–Crippen MR) is 72.2 cm³/mol. The molecule has 0 aliphatic carbocycles. The van der Waals surface area contributed by atoms with Crippen molar-refractivity contribution in [3.63, 3.8) is 0 Å². The number of amides is 1. The quantitative estimate of drug-likeness (QED) is 0.765. The first-order valence-corrected chi connectivity index (χ1v) is 5.77. The fraction of sp³-hybridized carbons (Fsp3) is 0.357. The molecule has 1 amide bonds. The predicted octanol–water partition coefficient (Wildman–Crippen LogP) is 2.41. The molecular weight excluding hydrogens is 212 g/mol. The van der Waals surface area contributed by atoms with Crippen LogP contribution in [0.3, 0.4) is 0 Å². The van der Waals surface area contributed by atoms with Crippen molar-refractivity contribution in [2.24, 2.45) is 0 Å². The number of nitrogens with one attached hydrogen (secondary N) is 2. The third kappa shape index (κ3) is 3.94. The lowest BCUT2D eigenvalue weighted by Crippen LogP contribution is -2.37. The molecule has 1 rings (SSSR count). The van der Waals surface area contributed by atoms with Crippen molar-refractivity contribution >= 4 is 11.6 Å². The fourth-order valence-electron chi connectivity index (χ4n) is 1.52. The molecule has 2 N–H and O–H groups in total. The monoisotopic (exact) mass is 232 g/mol. The normalized spacial score (nSPS) is 11.7. The van der Waals surface area contributed by atoms with Crippen LogP contribution in [0.5, 0.6) is 0 Å². The van der Waals surface area contributed by atoms with Crippen LogP contribution in [0.2, 0.25) is 0 Å². The number of carbonyl (C=O) groups excluding carboxylic acids is 1. The van der Waals surface area contributed by atoms with E-state index in [4.69, 9.17) is 0 Å². The first-order valence-electron chi connectivity index (χ1n) is 5.77. The van der Waals surface area contributed by atoms with Gasteiger partial charge in [-0.05, 0) is 38.0 Å². The van der Waals surface area contributed by atoms with Gasteiger partial charge in [0.1, 0.15) is 6.04 Å². The standard InChI is InChI=1S/C14H20N2O/c1-5-8-15-14(17)12(4)16-13-9-10(2)6-7-11(13)3/h5-7,9,12,16H,1,8H2,2-4H3,(H,15,17). The Morgan fingerprint density at radius 3 is 2.82 bits per heavy atom. The molecule has 0 saturated carbocycles. The maximum atomic E-state index is 11.7. The van der Waals surface area contributed by atoms with E-state index in [1.807, 2.05) is 32.9 Å². The van der Waals surface area contributed by atoms with Gasteiger partial charge in [0.15, 0.2) is 0 Å². The second-order valence-corrected chi connectivity index (χ2v) is 4.22. The zero-order valence-corrected chi connectivity index (χ0v) is 10.7. The van der Waals surface area contributed by atoms with Crippen molar-refractivity contribution in [1.82, 2.24) is 5.32 Å². The zero-order valence-electron chi connectivity index (χ0n) is 10.7. The maximum Gasteiger partial charge on any atom is 0.242 e. The second-order valence-electron chi connectivity index (χ2n) is 4.22. The molecule has 0 aliphatic rings. The molecule has 0 aromatic heterocycles. The van der Waals surface area contributed by atoms with E-state index in [9.17, 15) is 4.79 Å². The molecule has 1 aromatic carbocycles. The Balaban J connectivity index is 2.66. The minimum Gasteiger partial charge on any atom is -0.374 e. The van der Waals surface area contributed by atoms with E-state index in [1.165, 1.54) is 5.56 Å². The van der Waals surface area contributed by atoms with Gasteiger partial charge >= 0.3 is 0 Å². The average Bonchev–Trinajstić information content (AvgIpc) is 2.30. The molecule has 0 saturated heterocycles. The number of carbonyl (C=O) groups is 1. The number of hydrogen-bond acceptors (Lipinski definition) is 2. The summed E-state index contributed by atoms with van der Waals surface area (Å²) < 4.78 is 0. The average molecular weight is 232 g/mol. The van der Waals surface area contributed by atoms with E-state index in [0.29, 0.717) is 6.54 Å². The van der Waals surface area contributed by atoms with Gasteiger partial charge in [0.2, 0.25) is 5.91 Å². The van der Waals surface area contributed by atoms with Crippen LogP contribution >= 0.6 is 0 Å². The summed E-state index contributed by atoms with van der Waals surface area (Å²) in [6.45, 7) is 9.97. The van der Waals surface area contributed by atoms with E-state index in [2.05, 4.69) is 23.3 Å². The van der Waals surface area contributed by atoms with E-state index in [1.54, 1.807) is 6.08 Å². The van der Waals surface area contributed by atoms with Gasteiger partial charge in [0, 0.05) is 12.2 Å². The van der Waals surface area contributed by atoms with Crippen LogP contribution in [-0.2, 0) is 4.79 Å². The summed E-state index contributed by atoms with van der Waals surface area (Å²) in [5.41, 5.74) is 3.32. The summed E-state index contributed by atoms with van der Waals surface area (Å²) >= 11 is 0. The summed E-state index contributed by atoms with van der Waals surface area (Å²) in [7, 11) is 0. The van der Waals surface area contributed by atoms with Gasteiger partial charge in [0.05, 0.1) is 0 Å². The van der Waals surface area contributed by atoms with Crippen LogP contribution in [0.1, 0.15) is 18.1 Å². The van der Waals surface area contributed by atoms with Gasteiger partial charge in [-0.1, -0.05) is 18.2 Å². The lowest BCUT2D eigenvalue weighted by atomic mass is 10.1. The molecule has 1 aromatic rings. The van der Waals surface area contributed by atoms with Crippen LogP contribution in [-0.4, -0.2) is 18.5 Å². The first kappa shape index (κ1) is 13.3. The van der Waals surface area contributed by atoms with Gasteiger partial charge in [0.25, 0.3) is 0 Å². The SMILES string of the molecule is C=CCNC(=O)C(C)Nc1cc(C)ccc1C. The Morgan fingerprint density at radius 1 is 1.47 bits per heavy atom. The van der Waals surface area contributed by atoms with Gasteiger partial charge in [-0.2, -0.15) is 0 Å². The van der Waals surface area contributed by atoms with E-state index in [0.717, 1.165) is 11.3 Å². The molecule has 0 fully saturated rings. The Bertz CT molecular complexity index is 413. The topological polar surface area (TPSA) is 41.1 Å². The van der Waals surface area contributed by atoms with Crippen molar-refractivity contribution < 1.29 is 4.79 Å². The number of rotatable bonds is 5. The Labute approximate surface area is 103 Å². The number of benzene rings is 1. The van der Waals surface area contributed by atoms with Crippen molar-refractivity contribution in [2.75, 3.05) is 11.9 Å². The first-order chi connectivity index (χ1) is 8.04. The minimum absolute atomic E-state index is 0.0224. The molecule has 0 heterocycles. The molecule has 1 atom stereocenters. The van der Waals surface area contributed by atoms with Gasteiger partial charge in [-0.3, -0.25) is 4.79 Å². The largest absolute Gasteiger partial charge is 0.374 e. The summed E-state index contributed by atoms with van der Waals surface area (Å²) in [6.07, 6.45) is 1.67. The zero-order chi connectivity index (χ0) is 12.8. The number of anilines is 1. The third-order valence-corrected chi connectivity index (χ3v) is 2.58. The van der Waals surface area contributed by atoms with Crippen LogP contribution in [0.25, 0.3) is 0 Å². The maximum absolute atomic E-state index is 11.7. The van der Waals surface area contributed by atoms with Gasteiger partial charge < -0.3 is 10.6 Å². The molecular formula is C14H20N2O. The molecule has 0 bridgehead atoms. The van der Waals surface area contributed by atoms with Gasteiger partial charge in [-0.15, -0.1) is 6.58 Å². The molecule has 1 unspecified atom stereocenters. The summed E-state index contributed by atoms with van der Waals surface area (Å²) in [5.74, 6) is -0.0224. The molecule has 0 radical (unpaired) electrons. The molecule has 17 heavy (non-hydrogen) atoms. The van der Waals surface area contributed by atoms with Crippen molar-refractivity contribution in [3.05, 3.63) is 42.0 Å². The highest BCUT2D eigenvalue weighted by Gasteiger charge is 2.12. The lowest BCUT2D eigenvalue weighted by molar-refractivity contribution is -0.121. The van der Waals surface area contributed by atoms with Crippen LogP contribution in [0.4, 0.5) is 5.69 Å². The summed E-state index contributed by atoms with van der Waals surface area (Å²) in [6, 6.07) is 5.90. The molecule has 0 spiro atoms. The van der Waals surface area contributed by atoms with E-state index < -0.39 is 0 Å². The van der Waals surface area contributed by atoms with Crippen LogP contribution in [0, 0.1) is 13.8 Å². The molecule has 92 valence electrons. The van der Waals surface area contributed by atoms with Crippen LogP contribution in [0.15, 0.2) is 30.9 Å². The highest BCUT2D eigenvalue weighted by molar-refractivity contribution is 5.84. The number of hydrogen-bond donors (Lipinski definition) is 2. The van der Waals surface area contributed by atoms with Crippen molar-refractivity contribution in [2.45, 2.75) is 26.8 Å². The Kier molecular flexibility index (Phi) is 4.76. The van der Waals surface area contributed by atoms with Crippen molar-refractivity contribution in [1.29, 1.82) is 0 Å². The van der Waals surface area contributed by atoms with Crippen molar-refractivity contribution in [3.8, 4) is 0 Å². The highest BCUT2D eigenvalue weighted by atomic mass is 16.2. The lowest BCUT2D eigenvalue weighted by Gasteiger charge is -2.16. The summed E-state index contributed by atoms with van der Waals surface area (Å²) in [4.78, 5) is 11.7. The number of aryl methyl sites for hydroxylation is 2. The minimum atomic E-state index is -0.254. The smallest absolute Gasteiger partial charge is 0.242 e.